The summed E-state index contributed by atoms with van der Waals surface area (Å²) >= 11 is 12.7. The monoisotopic (exact) mass is 531 g/mol. The summed E-state index contributed by atoms with van der Waals surface area (Å²) in [4.78, 5) is 25.9. The Labute approximate surface area is 218 Å². The van der Waals surface area contributed by atoms with Gasteiger partial charge < -0.3 is 26.6 Å². The van der Waals surface area contributed by atoms with Gasteiger partial charge in [0.05, 0.1) is 21.8 Å². The lowest BCUT2D eigenvalue weighted by Crippen LogP contribution is -2.54. The zero-order valence-electron chi connectivity index (χ0n) is 19.8. The molecule has 2 aromatic heterocycles. The number of nitrogens with one attached hydrogen (secondary N) is 3. The van der Waals surface area contributed by atoms with Gasteiger partial charge >= 0.3 is 5.69 Å². The fourth-order valence-corrected chi connectivity index (χ4v) is 4.68. The van der Waals surface area contributed by atoms with Crippen LogP contribution in [0.4, 0.5) is 29.0 Å². The second kappa shape index (κ2) is 11.1. The van der Waals surface area contributed by atoms with E-state index in [-0.39, 0.29) is 11.5 Å². The highest BCUT2D eigenvalue weighted by molar-refractivity contribution is 6.36. The van der Waals surface area contributed by atoms with Gasteiger partial charge in [-0.25, -0.2) is 15.0 Å². The minimum atomic E-state index is -0.569. The van der Waals surface area contributed by atoms with Crippen LogP contribution in [0.15, 0.2) is 36.5 Å². The van der Waals surface area contributed by atoms with Crippen LogP contribution >= 0.6 is 23.2 Å². The Morgan fingerprint density at radius 1 is 1.14 bits per heavy atom. The Bertz CT molecular complexity index is 1250. The molecule has 1 aliphatic rings. The van der Waals surface area contributed by atoms with Gasteiger partial charge in [0.1, 0.15) is 11.5 Å². The number of benzene rings is 1. The quantitative estimate of drug-likeness (QED) is 0.190. The molecule has 0 amide bonds. The minimum absolute atomic E-state index is 0.141. The molecule has 11 nitrogen and oxygen atoms in total. The van der Waals surface area contributed by atoms with Crippen molar-refractivity contribution in [3.8, 4) is 11.3 Å². The van der Waals surface area contributed by atoms with E-state index in [0.717, 1.165) is 24.3 Å². The summed E-state index contributed by atoms with van der Waals surface area (Å²) in [5.74, 6) is 0.735. The Morgan fingerprint density at radius 3 is 2.53 bits per heavy atom. The number of hydrogen-bond donors (Lipinski definition) is 4. The first kappa shape index (κ1) is 25.7. The highest BCUT2D eigenvalue weighted by Gasteiger charge is 2.25. The summed E-state index contributed by atoms with van der Waals surface area (Å²) in [5, 5.41) is 21.8. The summed E-state index contributed by atoms with van der Waals surface area (Å²) in [6.45, 7) is 6.85. The molecule has 1 saturated heterocycles. The van der Waals surface area contributed by atoms with Crippen LogP contribution in [0, 0.1) is 10.1 Å². The number of rotatable bonds is 8. The van der Waals surface area contributed by atoms with Crippen LogP contribution in [0.5, 0.6) is 0 Å². The third-order valence-corrected chi connectivity index (χ3v) is 6.22. The second-order valence-corrected chi connectivity index (χ2v) is 9.48. The lowest BCUT2D eigenvalue weighted by atomic mass is 10.1. The molecule has 190 valence electrons. The van der Waals surface area contributed by atoms with Crippen LogP contribution in [0.1, 0.15) is 13.8 Å². The highest BCUT2D eigenvalue weighted by Crippen LogP contribution is 2.36. The number of nitrogens with zero attached hydrogens (tertiary/aromatic N) is 5. The summed E-state index contributed by atoms with van der Waals surface area (Å²) in [7, 11) is 0. The Kier molecular flexibility index (Phi) is 7.92. The fourth-order valence-electron chi connectivity index (χ4n) is 4.18. The maximum absolute atomic E-state index is 10.9. The molecule has 0 aliphatic carbocycles. The molecular formula is C23H27Cl2N9O2. The smallest absolute Gasteiger partial charge is 0.311 e. The van der Waals surface area contributed by atoms with E-state index < -0.39 is 4.92 Å². The van der Waals surface area contributed by atoms with Crippen LogP contribution in [-0.2, 0) is 0 Å². The second-order valence-electron chi connectivity index (χ2n) is 8.64. The molecule has 1 aromatic carbocycles. The van der Waals surface area contributed by atoms with Crippen molar-refractivity contribution in [2.24, 2.45) is 0 Å². The average Bonchev–Trinajstić information content (AvgIpc) is 2.81. The predicted molar refractivity (Wildman–Crippen MR) is 144 cm³/mol. The van der Waals surface area contributed by atoms with Gasteiger partial charge in [-0.05, 0) is 38.1 Å². The largest absolute Gasteiger partial charge is 0.378 e. The number of piperazine rings is 1. The van der Waals surface area contributed by atoms with Crippen LogP contribution in [0.2, 0.25) is 10.0 Å². The molecule has 0 bridgehead atoms. The molecule has 36 heavy (non-hydrogen) atoms. The minimum Gasteiger partial charge on any atom is -0.378 e. The molecule has 5 N–H and O–H groups in total. The van der Waals surface area contributed by atoms with E-state index in [1.807, 2.05) is 12.3 Å². The lowest BCUT2D eigenvalue weighted by molar-refractivity contribution is -0.384. The molecule has 2 atom stereocenters. The van der Waals surface area contributed by atoms with Crippen LogP contribution in [0.3, 0.4) is 0 Å². The molecule has 0 saturated carbocycles. The van der Waals surface area contributed by atoms with Gasteiger partial charge in [-0.2, -0.15) is 0 Å². The van der Waals surface area contributed by atoms with Crippen molar-refractivity contribution in [2.75, 3.05) is 47.4 Å². The number of nitrogens with two attached hydrogens (primary N) is 1. The molecular weight excluding hydrogens is 505 g/mol. The molecule has 1 fully saturated rings. The van der Waals surface area contributed by atoms with E-state index in [2.05, 4.69) is 44.7 Å². The van der Waals surface area contributed by atoms with E-state index in [0.29, 0.717) is 52.7 Å². The molecule has 2 unspecified atom stereocenters. The summed E-state index contributed by atoms with van der Waals surface area (Å²) in [5.41, 5.74) is 7.80. The Balaban J connectivity index is 1.51. The van der Waals surface area contributed by atoms with Gasteiger partial charge in [-0.3, -0.25) is 10.1 Å². The molecule has 4 rings (SSSR count). The van der Waals surface area contributed by atoms with E-state index in [9.17, 15) is 10.1 Å². The Morgan fingerprint density at radius 2 is 1.86 bits per heavy atom. The third-order valence-electron chi connectivity index (χ3n) is 5.67. The SMILES string of the molecule is CC1CN(c2cnc(NCCNc3ccc([N+](=O)[O-])c(N)n3)nc2-c2ccc(Cl)cc2Cl)CC(C)N1. The normalized spacial score (nSPS) is 17.6. The van der Waals surface area contributed by atoms with E-state index in [4.69, 9.17) is 33.9 Å². The van der Waals surface area contributed by atoms with Crippen molar-refractivity contribution >= 4 is 52.2 Å². The zero-order valence-corrected chi connectivity index (χ0v) is 21.3. The van der Waals surface area contributed by atoms with Gasteiger partial charge in [0.25, 0.3) is 0 Å². The van der Waals surface area contributed by atoms with Crippen LogP contribution < -0.4 is 26.6 Å². The van der Waals surface area contributed by atoms with Crippen molar-refractivity contribution < 1.29 is 4.92 Å². The summed E-state index contributed by atoms with van der Waals surface area (Å²) in [6, 6.07) is 8.81. The van der Waals surface area contributed by atoms with Gasteiger partial charge in [-0.1, -0.05) is 23.2 Å². The number of anilines is 4. The van der Waals surface area contributed by atoms with Crippen LogP contribution in [-0.4, -0.2) is 58.1 Å². The van der Waals surface area contributed by atoms with Gasteiger partial charge in [0.2, 0.25) is 11.8 Å². The topological polar surface area (TPSA) is 147 Å². The van der Waals surface area contributed by atoms with Crippen molar-refractivity contribution in [2.45, 2.75) is 25.9 Å². The van der Waals surface area contributed by atoms with Crippen molar-refractivity contribution in [1.82, 2.24) is 20.3 Å². The first-order valence-electron chi connectivity index (χ1n) is 11.4. The summed E-state index contributed by atoms with van der Waals surface area (Å²) < 4.78 is 0. The highest BCUT2D eigenvalue weighted by atomic mass is 35.5. The number of pyridine rings is 1. The predicted octanol–water partition coefficient (Wildman–Crippen LogP) is 4.05. The molecule has 3 aromatic rings. The lowest BCUT2D eigenvalue weighted by Gasteiger charge is -2.38. The zero-order chi connectivity index (χ0) is 25.8. The van der Waals surface area contributed by atoms with Crippen molar-refractivity contribution in [3.05, 3.63) is 56.7 Å². The third kappa shape index (κ3) is 6.04. The summed E-state index contributed by atoms with van der Waals surface area (Å²) in [6.07, 6.45) is 1.81. The number of hydrogen-bond acceptors (Lipinski definition) is 10. The van der Waals surface area contributed by atoms with Crippen molar-refractivity contribution in [3.63, 3.8) is 0 Å². The number of nitrogen functional groups attached to an aromatic ring is 1. The number of aromatic nitrogens is 3. The number of halogens is 2. The molecule has 1 aliphatic heterocycles. The maximum atomic E-state index is 10.9. The van der Waals surface area contributed by atoms with Crippen molar-refractivity contribution in [1.29, 1.82) is 0 Å². The first-order valence-corrected chi connectivity index (χ1v) is 12.2. The standard InChI is InChI=1S/C23H27Cl2N9O2/c1-13-11-33(12-14(2)30-13)19-10-29-23(32-21(19)16-4-3-15(24)9-17(16)25)28-8-7-27-20-6-5-18(34(35)36)22(26)31-20/h3-6,9-10,13-14,30H,7-8,11-12H2,1-2H3,(H3,26,27,31)(H,28,29,32). The molecule has 13 heteroatoms. The van der Waals surface area contributed by atoms with Gasteiger partial charge in [-0.15, -0.1) is 0 Å². The molecule has 0 spiro atoms. The fraction of sp³-hybridized carbons (Fsp3) is 0.348. The molecule has 0 radical (unpaired) electrons. The first-order chi connectivity index (χ1) is 17.2. The average molecular weight is 532 g/mol. The van der Waals surface area contributed by atoms with Crippen LogP contribution in [0.25, 0.3) is 11.3 Å². The maximum Gasteiger partial charge on any atom is 0.311 e. The molecule has 3 heterocycles. The van der Waals surface area contributed by atoms with E-state index in [1.54, 1.807) is 12.1 Å². The van der Waals surface area contributed by atoms with Gasteiger partial charge in [0, 0.05) is 54.9 Å². The van der Waals surface area contributed by atoms with E-state index >= 15 is 0 Å². The van der Waals surface area contributed by atoms with E-state index in [1.165, 1.54) is 12.1 Å². The van der Waals surface area contributed by atoms with Gasteiger partial charge in [0.15, 0.2) is 0 Å². The number of nitro groups is 1. The Hall–Kier alpha value is -3.41.